The fourth-order valence-corrected chi connectivity index (χ4v) is 3.35. The number of halogens is 1. The molecule has 1 heterocycles. The number of benzene rings is 1. The van der Waals surface area contributed by atoms with E-state index in [1.54, 1.807) is 6.07 Å². The predicted molar refractivity (Wildman–Crippen MR) is 86.8 cm³/mol. The second kappa shape index (κ2) is 8.39. The highest BCUT2D eigenvalue weighted by atomic mass is 32.2. The third kappa shape index (κ3) is 5.18. The molecule has 122 valence electrons. The van der Waals surface area contributed by atoms with Crippen molar-refractivity contribution in [2.75, 3.05) is 24.7 Å². The molecule has 0 radical (unpaired) electrons. The summed E-state index contributed by atoms with van der Waals surface area (Å²) < 4.78 is 25.0. The van der Waals surface area contributed by atoms with Crippen molar-refractivity contribution in [3.63, 3.8) is 0 Å². The average Bonchev–Trinajstić information content (AvgIpc) is 2.48. The average molecular weight is 326 g/mol. The van der Waals surface area contributed by atoms with Crippen molar-refractivity contribution < 1.29 is 13.4 Å². The Labute approximate surface area is 133 Å². The largest absolute Gasteiger partial charge is 0.326 e. The molecule has 0 bridgehead atoms. The Morgan fingerprint density at radius 3 is 2.77 bits per heavy atom. The van der Waals surface area contributed by atoms with E-state index >= 15 is 0 Å². The lowest BCUT2D eigenvalue weighted by atomic mass is 9.92. The number of carbonyl (C=O) groups excluding carboxylic acids is 1. The van der Waals surface area contributed by atoms with Crippen LogP contribution in [0.15, 0.2) is 23.1 Å². The Balaban J connectivity index is 1.76. The monoisotopic (exact) mass is 326 g/mol. The number of hydrogen-bond acceptors (Lipinski definition) is 3. The highest BCUT2D eigenvalue weighted by molar-refractivity contribution is 7.84. The van der Waals surface area contributed by atoms with Crippen LogP contribution in [-0.2, 0) is 15.6 Å². The maximum atomic E-state index is 13.7. The van der Waals surface area contributed by atoms with Crippen LogP contribution in [0.4, 0.5) is 10.1 Å². The summed E-state index contributed by atoms with van der Waals surface area (Å²) in [4.78, 5) is 12.0. The van der Waals surface area contributed by atoms with Gasteiger partial charge in [-0.1, -0.05) is 0 Å². The Kier molecular flexibility index (Phi) is 6.51. The topological polar surface area (TPSA) is 58.2 Å². The lowest BCUT2D eigenvalue weighted by Gasteiger charge is -2.22. The van der Waals surface area contributed by atoms with Crippen molar-refractivity contribution in [3.8, 4) is 0 Å². The smallest absolute Gasteiger partial charge is 0.224 e. The highest BCUT2D eigenvalue weighted by Gasteiger charge is 2.13. The second-order valence-corrected chi connectivity index (χ2v) is 7.08. The van der Waals surface area contributed by atoms with E-state index in [4.69, 9.17) is 0 Å². The quantitative estimate of drug-likeness (QED) is 0.845. The van der Waals surface area contributed by atoms with Gasteiger partial charge in [0, 0.05) is 18.4 Å². The molecule has 1 atom stereocenters. The SMILES string of the molecule is CS(=O)c1ccc(NC(=O)CCCC2CCNCC2)cc1F. The summed E-state index contributed by atoms with van der Waals surface area (Å²) in [6, 6.07) is 4.27. The summed E-state index contributed by atoms with van der Waals surface area (Å²) in [6.07, 6.45) is 6.17. The first-order valence-electron chi connectivity index (χ1n) is 7.70. The summed E-state index contributed by atoms with van der Waals surface area (Å²) in [5.74, 6) is 0.0670. The highest BCUT2D eigenvalue weighted by Crippen LogP contribution is 2.20. The van der Waals surface area contributed by atoms with Crippen LogP contribution in [0.3, 0.4) is 0 Å². The van der Waals surface area contributed by atoms with E-state index in [9.17, 15) is 13.4 Å². The van der Waals surface area contributed by atoms with Crippen LogP contribution < -0.4 is 10.6 Å². The number of nitrogens with one attached hydrogen (secondary N) is 2. The zero-order valence-corrected chi connectivity index (χ0v) is 13.7. The normalized spacial score (nSPS) is 17.2. The molecule has 2 N–H and O–H groups in total. The van der Waals surface area contributed by atoms with Gasteiger partial charge in [0.15, 0.2) is 0 Å². The van der Waals surface area contributed by atoms with Gasteiger partial charge >= 0.3 is 0 Å². The van der Waals surface area contributed by atoms with Crippen LogP contribution in [0.2, 0.25) is 0 Å². The first-order chi connectivity index (χ1) is 10.6. The third-order valence-corrected chi connectivity index (χ3v) is 4.95. The summed E-state index contributed by atoms with van der Waals surface area (Å²) in [6.45, 7) is 2.14. The molecular formula is C16H23FN2O2S. The first kappa shape index (κ1) is 17.1. The van der Waals surface area contributed by atoms with Gasteiger partial charge in [0.2, 0.25) is 5.91 Å². The number of anilines is 1. The van der Waals surface area contributed by atoms with Crippen LogP contribution in [0, 0.1) is 11.7 Å². The molecule has 6 heteroatoms. The van der Waals surface area contributed by atoms with E-state index in [-0.39, 0.29) is 10.8 Å². The molecule has 1 aliphatic rings. The van der Waals surface area contributed by atoms with Crippen molar-refractivity contribution in [2.24, 2.45) is 5.92 Å². The predicted octanol–water partition coefficient (Wildman–Crippen LogP) is 2.67. The standard InChI is InChI=1S/C16H23FN2O2S/c1-22(21)15-6-5-13(11-14(15)17)19-16(20)4-2-3-12-7-9-18-10-8-12/h5-6,11-12,18H,2-4,7-10H2,1H3,(H,19,20). The van der Waals surface area contributed by atoms with Gasteiger partial charge in [-0.15, -0.1) is 0 Å². The zero-order chi connectivity index (χ0) is 15.9. The van der Waals surface area contributed by atoms with E-state index in [0.717, 1.165) is 25.9 Å². The fourth-order valence-electron chi connectivity index (χ4n) is 2.76. The molecule has 0 spiro atoms. The van der Waals surface area contributed by atoms with Crippen molar-refractivity contribution in [3.05, 3.63) is 24.0 Å². The van der Waals surface area contributed by atoms with Gasteiger partial charge in [-0.05, 0) is 62.9 Å². The van der Waals surface area contributed by atoms with Gasteiger partial charge in [-0.3, -0.25) is 9.00 Å². The Morgan fingerprint density at radius 1 is 1.41 bits per heavy atom. The Morgan fingerprint density at radius 2 is 2.14 bits per heavy atom. The van der Waals surface area contributed by atoms with Crippen LogP contribution in [0.25, 0.3) is 0 Å². The van der Waals surface area contributed by atoms with Gasteiger partial charge in [0.1, 0.15) is 5.82 Å². The van der Waals surface area contributed by atoms with E-state index < -0.39 is 16.6 Å². The van der Waals surface area contributed by atoms with E-state index in [0.29, 0.717) is 18.0 Å². The summed E-state index contributed by atoms with van der Waals surface area (Å²) >= 11 is 0. The minimum Gasteiger partial charge on any atom is -0.326 e. The van der Waals surface area contributed by atoms with Crippen molar-refractivity contribution in [1.82, 2.24) is 5.32 Å². The van der Waals surface area contributed by atoms with Crippen LogP contribution in [0.1, 0.15) is 32.1 Å². The minimum absolute atomic E-state index is 0.0984. The molecule has 22 heavy (non-hydrogen) atoms. The Hall–Kier alpha value is -1.27. The number of piperidine rings is 1. The number of rotatable bonds is 6. The molecule has 2 rings (SSSR count). The molecule has 1 aromatic rings. The Bertz CT molecular complexity index is 545. The van der Waals surface area contributed by atoms with Gasteiger partial charge in [0.25, 0.3) is 0 Å². The molecule has 0 aliphatic carbocycles. The summed E-state index contributed by atoms with van der Waals surface area (Å²) in [7, 11) is -1.36. The molecule has 4 nitrogen and oxygen atoms in total. The maximum absolute atomic E-state index is 13.7. The fraction of sp³-hybridized carbons (Fsp3) is 0.562. The lowest BCUT2D eigenvalue weighted by molar-refractivity contribution is -0.116. The van der Waals surface area contributed by atoms with E-state index in [1.165, 1.54) is 31.2 Å². The molecule has 1 fully saturated rings. The van der Waals surface area contributed by atoms with Crippen molar-refractivity contribution in [1.29, 1.82) is 0 Å². The zero-order valence-electron chi connectivity index (χ0n) is 12.9. The van der Waals surface area contributed by atoms with Gasteiger partial charge in [0.05, 0.1) is 15.7 Å². The summed E-state index contributed by atoms with van der Waals surface area (Å²) in [5.41, 5.74) is 0.415. The lowest BCUT2D eigenvalue weighted by Crippen LogP contribution is -2.27. The number of carbonyl (C=O) groups is 1. The molecule has 1 unspecified atom stereocenters. The van der Waals surface area contributed by atoms with Crippen molar-refractivity contribution >= 4 is 22.4 Å². The van der Waals surface area contributed by atoms with Gasteiger partial charge < -0.3 is 10.6 Å². The third-order valence-electron chi connectivity index (χ3n) is 4.00. The molecule has 1 amide bonds. The summed E-state index contributed by atoms with van der Waals surface area (Å²) in [5, 5.41) is 6.02. The number of amides is 1. The van der Waals surface area contributed by atoms with Gasteiger partial charge in [-0.2, -0.15) is 0 Å². The molecule has 0 saturated carbocycles. The van der Waals surface area contributed by atoms with Crippen LogP contribution >= 0.6 is 0 Å². The van der Waals surface area contributed by atoms with E-state index in [2.05, 4.69) is 10.6 Å². The van der Waals surface area contributed by atoms with Crippen LogP contribution in [0.5, 0.6) is 0 Å². The first-order valence-corrected chi connectivity index (χ1v) is 9.25. The molecule has 1 aliphatic heterocycles. The minimum atomic E-state index is -1.36. The van der Waals surface area contributed by atoms with Crippen LogP contribution in [-0.4, -0.2) is 29.5 Å². The molecule has 1 saturated heterocycles. The maximum Gasteiger partial charge on any atom is 0.224 e. The van der Waals surface area contributed by atoms with E-state index in [1.807, 2.05) is 0 Å². The number of hydrogen-bond donors (Lipinski definition) is 2. The second-order valence-electron chi connectivity index (χ2n) is 5.73. The van der Waals surface area contributed by atoms with Crippen molar-refractivity contribution in [2.45, 2.75) is 37.0 Å². The molecule has 0 aromatic heterocycles. The molecule has 1 aromatic carbocycles. The molecular weight excluding hydrogens is 303 g/mol. The van der Waals surface area contributed by atoms with Gasteiger partial charge in [-0.25, -0.2) is 4.39 Å².